The highest BCUT2D eigenvalue weighted by Gasteiger charge is 2.74. The van der Waals surface area contributed by atoms with Gasteiger partial charge < -0.3 is 24.4 Å². The van der Waals surface area contributed by atoms with E-state index in [4.69, 9.17) is 9.47 Å². The SMILES string of the molecule is C=CCOC(=O)C1C2C=CC3(O2)C1C(=O)N(C1CCC(O)CC1)C3C(=O)N(CC=C)c1ccccc1. The molecule has 8 nitrogen and oxygen atoms in total. The summed E-state index contributed by atoms with van der Waals surface area (Å²) in [6.45, 7) is 7.71. The number of anilines is 1. The first-order chi connectivity index (χ1) is 17.4. The fraction of sp³-hybridized carbons (Fsp3) is 0.464. The summed E-state index contributed by atoms with van der Waals surface area (Å²) in [5, 5.41) is 10.1. The van der Waals surface area contributed by atoms with Crippen molar-refractivity contribution in [3.05, 3.63) is 67.8 Å². The van der Waals surface area contributed by atoms with Crippen LogP contribution in [0.15, 0.2) is 67.8 Å². The van der Waals surface area contributed by atoms with Crippen molar-refractivity contribution in [2.24, 2.45) is 11.8 Å². The minimum atomic E-state index is -1.26. The Kier molecular flexibility index (Phi) is 6.57. The van der Waals surface area contributed by atoms with Gasteiger partial charge in [0, 0.05) is 18.3 Å². The average molecular weight is 493 g/mol. The van der Waals surface area contributed by atoms with E-state index in [1.54, 1.807) is 28.0 Å². The van der Waals surface area contributed by atoms with Crippen molar-refractivity contribution in [1.29, 1.82) is 0 Å². The van der Waals surface area contributed by atoms with E-state index < -0.39 is 41.7 Å². The lowest BCUT2D eigenvalue weighted by Crippen LogP contribution is -2.58. The average Bonchev–Trinajstić information content (AvgIpc) is 3.54. The number of esters is 1. The second-order valence-corrected chi connectivity index (χ2v) is 9.90. The van der Waals surface area contributed by atoms with Crippen LogP contribution >= 0.6 is 0 Å². The molecule has 5 unspecified atom stereocenters. The molecule has 3 fully saturated rings. The molecule has 36 heavy (non-hydrogen) atoms. The predicted octanol–water partition coefficient (Wildman–Crippen LogP) is 2.39. The van der Waals surface area contributed by atoms with Gasteiger partial charge in [0.05, 0.1) is 18.1 Å². The summed E-state index contributed by atoms with van der Waals surface area (Å²) in [7, 11) is 0. The summed E-state index contributed by atoms with van der Waals surface area (Å²) in [6, 6.07) is 8.06. The van der Waals surface area contributed by atoms with Crippen LogP contribution in [0, 0.1) is 11.8 Å². The third-order valence-electron chi connectivity index (χ3n) is 7.87. The normalized spacial score (nSPS) is 34.4. The zero-order valence-corrected chi connectivity index (χ0v) is 20.2. The molecule has 0 aromatic heterocycles. The van der Waals surface area contributed by atoms with Crippen molar-refractivity contribution in [2.45, 2.75) is 55.6 Å². The zero-order chi connectivity index (χ0) is 25.4. The number of carbonyl (C=O) groups is 3. The van der Waals surface area contributed by atoms with Gasteiger partial charge in [-0.2, -0.15) is 0 Å². The Morgan fingerprint density at radius 3 is 2.56 bits per heavy atom. The first-order valence-corrected chi connectivity index (χ1v) is 12.5. The molecule has 2 bridgehead atoms. The Balaban J connectivity index is 1.57. The van der Waals surface area contributed by atoms with Gasteiger partial charge in [-0.25, -0.2) is 0 Å². The van der Waals surface area contributed by atoms with E-state index in [0.717, 1.165) is 0 Å². The summed E-state index contributed by atoms with van der Waals surface area (Å²) in [5.74, 6) is -2.77. The Bertz CT molecular complexity index is 1080. The van der Waals surface area contributed by atoms with E-state index in [9.17, 15) is 19.5 Å². The van der Waals surface area contributed by atoms with E-state index >= 15 is 0 Å². The van der Waals surface area contributed by atoms with Crippen molar-refractivity contribution >= 4 is 23.5 Å². The number of likely N-dealkylation sites (tertiary alicyclic amines) is 1. The van der Waals surface area contributed by atoms with Crippen molar-refractivity contribution < 1.29 is 29.0 Å². The number of rotatable bonds is 8. The first kappa shape index (κ1) is 24.5. The van der Waals surface area contributed by atoms with Crippen LogP contribution in [0.2, 0.25) is 0 Å². The van der Waals surface area contributed by atoms with E-state index in [0.29, 0.717) is 31.4 Å². The molecule has 2 amide bonds. The summed E-state index contributed by atoms with van der Waals surface area (Å²) in [4.78, 5) is 44.8. The largest absolute Gasteiger partial charge is 0.461 e. The van der Waals surface area contributed by atoms with Crippen LogP contribution in [-0.2, 0) is 23.9 Å². The van der Waals surface area contributed by atoms with Crippen molar-refractivity contribution in [2.75, 3.05) is 18.1 Å². The van der Waals surface area contributed by atoms with E-state index in [1.807, 2.05) is 30.3 Å². The molecule has 1 spiro atoms. The summed E-state index contributed by atoms with van der Waals surface area (Å²) >= 11 is 0. The second kappa shape index (κ2) is 9.67. The molecule has 5 atom stereocenters. The lowest BCUT2D eigenvalue weighted by molar-refractivity contribution is -0.154. The van der Waals surface area contributed by atoms with Crippen molar-refractivity contribution in [3.63, 3.8) is 0 Å². The monoisotopic (exact) mass is 492 g/mol. The van der Waals surface area contributed by atoms with Crippen LogP contribution < -0.4 is 4.90 Å². The third kappa shape index (κ3) is 3.79. The molecule has 4 aliphatic rings. The molecule has 1 N–H and O–H groups in total. The van der Waals surface area contributed by atoms with Crippen LogP contribution in [0.1, 0.15) is 25.7 Å². The van der Waals surface area contributed by atoms with Gasteiger partial charge in [0.25, 0.3) is 5.91 Å². The molecular formula is C28H32N2O6. The van der Waals surface area contributed by atoms with Crippen LogP contribution in [0.5, 0.6) is 0 Å². The summed E-state index contributed by atoms with van der Waals surface area (Å²) in [5.41, 5.74) is -0.576. The molecule has 1 saturated carbocycles. The van der Waals surface area contributed by atoms with Gasteiger partial charge in [-0.3, -0.25) is 14.4 Å². The van der Waals surface area contributed by atoms with Gasteiger partial charge in [-0.1, -0.05) is 49.1 Å². The van der Waals surface area contributed by atoms with Gasteiger partial charge in [0.15, 0.2) is 0 Å². The van der Waals surface area contributed by atoms with Crippen LogP contribution in [-0.4, -0.2) is 70.8 Å². The number of amides is 2. The highest BCUT2D eigenvalue weighted by Crippen LogP contribution is 2.56. The lowest BCUT2D eigenvalue weighted by Gasteiger charge is -2.41. The number of aliphatic hydroxyl groups is 1. The Morgan fingerprint density at radius 1 is 1.17 bits per heavy atom. The van der Waals surface area contributed by atoms with E-state index in [2.05, 4.69) is 13.2 Å². The molecule has 8 heteroatoms. The molecule has 5 rings (SSSR count). The molecule has 3 aliphatic heterocycles. The van der Waals surface area contributed by atoms with E-state index in [1.165, 1.54) is 6.08 Å². The fourth-order valence-corrected chi connectivity index (χ4v) is 6.33. The highest BCUT2D eigenvalue weighted by atomic mass is 16.6. The Morgan fingerprint density at radius 2 is 1.89 bits per heavy atom. The maximum absolute atomic E-state index is 14.4. The highest BCUT2D eigenvalue weighted by molar-refractivity contribution is 6.05. The van der Waals surface area contributed by atoms with Crippen LogP contribution in [0.4, 0.5) is 5.69 Å². The number of nitrogens with zero attached hydrogens (tertiary/aromatic N) is 2. The summed E-state index contributed by atoms with van der Waals surface area (Å²) in [6.07, 6.45) is 7.90. The van der Waals surface area contributed by atoms with Crippen molar-refractivity contribution in [3.8, 4) is 0 Å². The maximum atomic E-state index is 14.4. The molecule has 3 heterocycles. The number of benzene rings is 1. The molecule has 2 saturated heterocycles. The molecule has 0 radical (unpaired) electrons. The molecule has 1 aromatic rings. The number of fused-ring (bicyclic) bond motifs is 1. The van der Waals surface area contributed by atoms with Crippen LogP contribution in [0.25, 0.3) is 0 Å². The number of para-hydroxylation sites is 1. The second-order valence-electron chi connectivity index (χ2n) is 9.90. The quantitative estimate of drug-likeness (QED) is 0.442. The predicted molar refractivity (Wildman–Crippen MR) is 133 cm³/mol. The topological polar surface area (TPSA) is 96.4 Å². The molecular weight excluding hydrogens is 460 g/mol. The van der Waals surface area contributed by atoms with E-state index in [-0.39, 0.29) is 31.0 Å². The number of aliphatic hydroxyl groups excluding tert-OH is 1. The Hall–Kier alpha value is -3.23. The maximum Gasteiger partial charge on any atom is 0.313 e. The van der Waals surface area contributed by atoms with Gasteiger partial charge in [-0.15, -0.1) is 6.58 Å². The van der Waals surface area contributed by atoms with Gasteiger partial charge in [0.1, 0.15) is 24.2 Å². The Labute approximate surface area is 210 Å². The van der Waals surface area contributed by atoms with Crippen molar-refractivity contribution in [1.82, 2.24) is 4.90 Å². The smallest absolute Gasteiger partial charge is 0.313 e. The van der Waals surface area contributed by atoms with Gasteiger partial charge in [-0.05, 0) is 37.8 Å². The lowest BCUT2D eigenvalue weighted by atomic mass is 9.74. The molecule has 1 aromatic carbocycles. The number of carbonyl (C=O) groups excluding carboxylic acids is 3. The number of ether oxygens (including phenoxy) is 2. The first-order valence-electron chi connectivity index (χ1n) is 12.5. The summed E-state index contributed by atoms with van der Waals surface area (Å²) < 4.78 is 11.7. The standard InChI is InChI=1S/C28H32N2O6/c1-3-16-29(18-8-6-5-7-9-18)26(33)24-28-15-14-21(36-28)22(27(34)35-17-4-2)23(28)25(32)30(24)19-10-12-20(31)13-11-19/h3-9,14-15,19-24,31H,1-2,10-13,16-17H2. The number of hydrogen-bond acceptors (Lipinski definition) is 6. The van der Waals surface area contributed by atoms with Crippen LogP contribution in [0.3, 0.4) is 0 Å². The zero-order valence-electron chi connectivity index (χ0n) is 20.2. The minimum Gasteiger partial charge on any atom is -0.461 e. The third-order valence-corrected chi connectivity index (χ3v) is 7.87. The number of hydrogen-bond donors (Lipinski definition) is 1. The minimum absolute atomic E-state index is 0.0351. The van der Waals surface area contributed by atoms with Gasteiger partial charge in [0.2, 0.25) is 5.91 Å². The molecule has 190 valence electrons. The fourth-order valence-electron chi connectivity index (χ4n) is 6.33. The van der Waals surface area contributed by atoms with Gasteiger partial charge >= 0.3 is 5.97 Å². The molecule has 1 aliphatic carbocycles.